The Bertz CT molecular complexity index is 1370. The van der Waals surface area contributed by atoms with Gasteiger partial charge in [0.2, 0.25) is 0 Å². The molecule has 14 nitrogen and oxygen atoms in total. The van der Waals surface area contributed by atoms with Crippen molar-refractivity contribution in [3.05, 3.63) is 60.8 Å². The average molecular weight is 981 g/mol. The highest BCUT2D eigenvalue weighted by Gasteiger charge is 2.47. The van der Waals surface area contributed by atoms with Gasteiger partial charge in [-0.3, -0.25) is 4.79 Å². The number of aliphatic hydroxyl groups excluding tert-OH is 7. The van der Waals surface area contributed by atoms with Crippen LogP contribution in [0.4, 0.5) is 0 Å². The van der Waals surface area contributed by atoms with Crippen molar-refractivity contribution < 1.29 is 69.0 Å². The maximum Gasteiger partial charge on any atom is 0.306 e. The molecule has 2 rings (SSSR count). The molecular formula is C55H96O14. The summed E-state index contributed by atoms with van der Waals surface area (Å²) in [6.45, 7) is 3.51. The number of unbranched alkanes of at least 4 members (excludes halogenated alkanes) is 18. The molecule has 2 aliphatic heterocycles. The lowest BCUT2D eigenvalue weighted by atomic mass is 9.98. The van der Waals surface area contributed by atoms with E-state index >= 15 is 0 Å². The highest BCUT2D eigenvalue weighted by Crippen LogP contribution is 2.26. The largest absolute Gasteiger partial charge is 0.457 e. The molecule has 0 spiro atoms. The van der Waals surface area contributed by atoms with Crippen LogP contribution in [-0.4, -0.2) is 142 Å². The van der Waals surface area contributed by atoms with Crippen molar-refractivity contribution in [3.8, 4) is 0 Å². The average Bonchev–Trinajstić information content (AvgIpc) is 3.35. The second-order valence-corrected chi connectivity index (χ2v) is 18.7. The third-order valence-electron chi connectivity index (χ3n) is 12.5. The summed E-state index contributed by atoms with van der Waals surface area (Å²) in [7, 11) is 0. The predicted molar refractivity (Wildman–Crippen MR) is 270 cm³/mol. The van der Waals surface area contributed by atoms with E-state index in [2.05, 4.69) is 68.5 Å². The molecule has 0 aliphatic carbocycles. The summed E-state index contributed by atoms with van der Waals surface area (Å²) in [5.41, 5.74) is 0. The molecule has 0 aromatic carbocycles. The van der Waals surface area contributed by atoms with Gasteiger partial charge >= 0.3 is 5.97 Å². The van der Waals surface area contributed by atoms with Crippen LogP contribution < -0.4 is 0 Å². The number of rotatable bonds is 42. The number of esters is 1. The van der Waals surface area contributed by atoms with Crippen LogP contribution in [0.1, 0.15) is 181 Å². The van der Waals surface area contributed by atoms with Crippen LogP contribution >= 0.6 is 0 Å². The van der Waals surface area contributed by atoms with Crippen molar-refractivity contribution in [2.24, 2.45) is 0 Å². The number of allylic oxidation sites excluding steroid dienone is 10. The van der Waals surface area contributed by atoms with Crippen molar-refractivity contribution in [1.82, 2.24) is 0 Å². The molecule has 2 saturated heterocycles. The van der Waals surface area contributed by atoms with Crippen molar-refractivity contribution in [1.29, 1.82) is 0 Å². The minimum absolute atomic E-state index is 0.0388. The lowest BCUT2D eigenvalue weighted by molar-refractivity contribution is -0.332. The number of aliphatic hydroxyl groups is 7. The molecule has 400 valence electrons. The van der Waals surface area contributed by atoms with Crippen LogP contribution in [0.3, 0.4) is 0 Å². The number of hydrogen-bond donors (Lipinski definition) is 7. The van der Waals surface area contributed by atoms with Crippen LogP contribution in [0.2, 0.25) is 0 Å². The first kappa shape index (κ1) is 62.8. The fourth-order valence-electron chi connectivity index (χ4n) is 8.20. The molecule has 2 heterocycles. The Balaban J connectivity index is 1.78. The summed E-state index contributed by atoms with van der Waals surface area (Å²) in [6, 6.07) is 0. The van der Waals surface area contributed by atoms with E-state index in [1.54, 1.807) is 0 Å². The zero-order chi connectivity index (χ0) is 50.2. The van der Waals surface area contributed by atoms with Crippen molar-refractivity contribution in [2.45, 2.75) is 248 Å². The predicted octanol–water partition coefficient (Wildman–Crippen LogP) is 8.52. The van der Waals surface area contributed by atoms with E-state index in [-0.39, 0.29) is 19.6 Å². The molecule has 0 aromatic heterocycles. The molecule has 11 unspecified atom stereocenters. The Morgan fingerprint density at radius 3 is 1.42 bits per heavy atom. The van der Waals surface area contributed by atoms with Crippen LogP contribution in [0, 0.1) is 0 Å². The minimum atomic E-state index is -1.72. The Morgan fingerprint density at radius 1 is 0.493 bits per heavy atom. The lowest BCUT2D eigenvalue weighted by Gasteiger charge is -2.42. The van der Waals surface area contributed by atoms with Crippen molar-refractivity contribution in [2.75, 3.05) is 33.0 Å². The van der Waals surface area contributed by atoms with Crippen molar-refractivity contribution in [3.63, 3.8) is 0 Å². The molecule has 2 aliphatic rings. The highest BCUT2D eigenvalue weighted by molar-refractivity contribution is 5.69. The number of hydrogen-bond acceptors (Lipinski definition) is 14. The van der Waals surface area contributed by atoms with Gasteiger partial charge in [0.1, 0.15) is 54.9 Å². The van der Waals surface area contributed by atoms with Crippen molar-refractivity contribution >= 4 is 5.97 Å². The van der Waals surface area contributed by atoms with Crippen LogP contribution in [0.15, 0.2) is 60.8 Å². The van der Waals surface area contributed by atoms with E-state index in [0.717, 1.165) is 51.4 Å². The smallest absolute Gasteiger partial charge is 0.306 e. The molecule has 11 atom stereocenters. The summed E-state index contributed by atoms with van der Waals surface area (Å²) in [6.07, 6.45) is 34.3. The van der Waals surface area contributed by atoms with Crippen LogP contribution in [0.25, 0.3) is 0 Å². The Hall–Kier alpha value is -2.31. The van der Waals surface area contributed by atoms with E-state index in [0.29, 0.717) is 19.4 Å². The molecular weight excluding hydrogens is 885 g/mol. The van der Waals surface area contributed by atoms with E-state index in [1.165, 1.54) is 96.3 Å². The normalized spacial score (nSPS) is 26.2. The van der Waals surface area contributed by atoms with Crippen LogP contribution in [-0.2, 0) is 33.2 Å². The standard InChI is InChI=1S/C55H96O14/c1-3-5-7-9-11-13-15-17-19-21-23-25-27-29-31-33-35-37-39-64-41-44(67-47(57)38-36-34-32-30-28-26-24-22-20-18-16-14-12-10-8-6-4-2)42-65-54-53(63)51(61)49(59)46(69-54)43-66-55-52(62)50(60)48(58)45(40-56)68-55/h6,8,12,14,18,20,24,26,30,32,44-46,48-56,58-63H,3-5,7,9-11,13,15-17,19,21-23,25,27-29,31,33-43H2,1-2H3/b8-6-,14-12-,20-18-,26-24-,32-30-. The zero-order valence-corrected chi connectivity index (χ0v) is 42.5. The molecule has 0 saturated carbocycles. The van der Waals surface area contributed by atoms with Gasteiger partial charge in [-0.2, -0.15) is 0 Å². The maximum absolute atomic E-state index is 13.0. The van der Waals surface area contributed by atoms with Gasteiger partial charge < -0.3 is 64.2 Å². The molecule has 0 radical (unpaired) electrons. The summed E-state index contributed by atoms with van der Waals surface area (Å²) in [5.74, 6) is -0.431. The first-order chi connectivity index (χ1) is 33.6. The Kier molecular flexibility index (Phi) is 38.4. The quantitative estimate of drug-likeness (QED) is 0.0174. The molecule has 14 heteroatoms. The van der Waals surface area contributed by atoms with Gasteiger partial charge in [-0.1, -0.05) is 184 Å². The number of carbonyl (C=O) groups is 1. The summed E-state index contributed by atoms with van der Waals surface area (Å²) < 4.78 is 34.2. The summed E-state index contributed by atoms with van der Waals surface area (Å²) in [5, 5.41) is 72.2. The maximum atomic E-state index is 13.0. The third kappa shape index (κ3) is 29.7. The van der Waals surface area contributed by atoms with Gasteiger partial charge in [-0.15, -0.1) is 0 Å². The SMILES string of the molecule is CC/C=C\C/C=C\C/C=C\C/C=C\C/C=C\CCCC(=O)OC(COCCCCCCCCCCCCCCCCCCCC)COC1OC(COC2OC(CO)C(O)C(O)C2O)C(O)C(O)C1O. The van der Waals surface area contributed by atoms with E-state index in [4.69, 9.17) is 28.4 Å². The molecule has 0 bridgehead atoms. The van der Waals surface area contributed by atoms with E-state index in [1.807, 2.05) is 6.08 Å². The topological polar surface area (TPSA) is 214 Å². The molecule has 2 fully saturated rings. The monoisotopic (exact) mass is 981 g/mol. The highest BCUT2D eigenvalue weighted by atomic mass is 16.7. The van der Waals surface area contributed by atoms with Gasteiger partial charge in [-0.25, -0.2) is 0 Å². The fraction of sp³-hybridized carbons (Fsp3) is 0.800. The molecule has 69 heavy (non-hydrogen) atoms. The Labute approximate surface area is 415 Å². The molecule has 7 N–H and O–H groups in total. The first-order valence-electron chi connectivity index (χ1n) is 26.9. The minimum Gasteiger partial charge on any atom is -0.457 e. The van der Waals surface area contributed by atoms with Gasteiger partial charge in [0.05, 0.1) is 26.4 Å². The van der Waals surface area contributed by atoms with Gasteiger partial charge in [-0.05, 0) is 51.4 Å². The fourth-order valence-corrected chi connectivity index (χ4v) is 8.20. The molecule has 0 amide bonds. The second kappa shape index (κ2) is 42.2. The van der Waals surface area contributed by atoms with Gasteiger partial charge in [0.25, 0.3) is 0 Å². The third-order valence-corrected chi connectivity index (χ3v) is 12.5. The number of ether oxygens (including phenoxy) is 6. The van der Waals surface area contributed by atoms with Gasteiger partial charge in [0, 0.05) is 13.0 Å². The summed E-state index contributed by atoms with van der Waals surface area (Å²) in [4.78, 5) is 13.0. The Morgan fingerprint density at radius 2 is 0.928 bits per heavy atom. The molecule has 0 aromatic rings. The zero-order valence-electron chi connectivity index (χ0n) is 42.5. The van der Waals surface area contributed by atoms with Crippen LogP contribution in [0.5, 0.6) is 0 Å². The van der Waals surface area contributed by atoms with E-state index < -0.39 is 86.7 Å². The number of carbonyl (C=O) groups excluding carboxylic acids is 1. The summed E-state index contributed by atoms with van der Waals surface area (Å²) >= 11 is 0. The lowest BCUT2D eigenvalue weighted by Crippen LogP contribution is -2.61. The second-order valence-electron chi connectivity index (χ2n) is 18.7. The van der Waals surface area contributed by atoms with Gasteiger partial charge in [0.15, 0.2) is 12.6 Å². The van der Waals surface area contributed by atoms with E-state index in [9.17, 15) is 40.5 Å². The first-order valence-corrected chi connectivity index (χ1v) is 26.9.